The number of carboxylic acids is 2. The Morgan fingerprint density at radius 1 is 0.505 bits per heavy atom. The Bertz CT molecular complexity index is 3330. The van der Waals surface area contributed by atoms with Crippen LogP contribution in [0.15, 0.2) is 167 Å². The van der Waals surface area contributed by atoms with Crippen LogP contribution in [-0.4, -0.2) is 189 Å². The molecule has 25 heteroatoms. The zero-order chi connectivity index (χ0) is 80.5. The molecule has 0 aliphatic carbocycles. The van der Waals surface area contributed by atoms with E-state index in [1.165, 1.54) is 31.2 Å². The van der Waals surface area contributed by atoms with Crippen LogP contribution in [0, 0.1) is 0 Å². The quantitative estimate of drug-likeness (QED) is 0.0213. The Balaban J connectivity index is 0.00000138. The Kier molecular flexibility index (Phi) is 46.8. The van der Waals surface area contributed by atoms with E-state index in [2.05, 4.69) is 83.5 Å². The van der Waals surface area contributed by atoms with Crippen LogP contribution in [0.25, 0.3) is 0 Å². The summed E-state index contributed by atoms with van der Waals surface area (Å²) < 4.78 is 15.2. The van der Waals surface area contributed by atoms with Gasteiger partial charge in [0.2, 0.25) is 29.5 Å². The molecular weight excluding hydrogens is 1390 g/mol. The van der Waals surface area contributed by atoms with Gasteiger partial charge in [0.15, 0.2) is 0 Å². The summed E-state index contributed by atoms with van der Waals surface area (Å²) in [6.07, 6.45) is 18.1. The number of hydrogen-bond donors (Lipinski definition) is 9. The number of carbonyl (C=O) groups excluding carboxylic acids is 8. The summed E-state index contributed by atoms with van der Waals surface area (Å²) in [6, 6.07) is 25.9. The van der Waals surface area contributed by atoms with Crippen molar-refractivity contribution >= 4 is 59.8 Å². The highest BCUT2D eigenvalue weighted by atomic mass is 16.6. The number of hydrogen-bond acceptors (Lipinski definition) is 15. The van der Waals surface area contributed by atoms with Gasteiger partial charge in [0.05, 0.1) is 12.1 Å². The smallest absolute Gasteiger partial charge is 0.410 e. The number of likely N-dealkylation sites (tertiary alicyclic amines) is 2. The molecule has 0 spiro atoms. The molecule has 0 bridgehead atoms. The van der Waals surface area contributed by atoms with Crippen LogP contribution in [0.5, 0.6) is 0 Å². The molecule has 25 nitrogen and oxygen atoms in total. The zero-order valence-corrected chi connectivity index (χ0v) is 65.0. The summed E-state index contributed by atoms with van der Waals surface area (Å²) >= 11 is 0. The molecule has 606 valence electrons. The number of nitrogens with two attached hydrogens (primary N) is 1. The lowest BCUT2D eigenvalue weighted by molar-refractivity contribution is -0.142. The Labute approximate surface area is 649 Å². The first-order chi connectivity index (χ1) is 50.4. The normalized spacial score (nSPS) is 17.9. The number of nitrogens with zero attached hydrogens (tertiary/aromatic N) is 3. The summed E-state index contributed by atoms with van der Waals surface area (Å²) in [4.78, 5) is 124. The number of carboxylic acid groups (broad SMARTS) is 2. The molecule has 10 N–H and O–H groups in total. The van der Waals surface area contributed by atoms with Gasteiger partial charge in [-0.25, -0.2) is 24.0 Å². The second-order valence-corrected chi connectivity index (χ2v) is 29.2. The van der Waals surface area contributed by atoms with Gasteiger partial charge in [0, 0.05) is 44.8 Å². The summed E-state index contributed by atoms with van der Waals surface area (Å²) in [7, 11) is 1.40. The maximum absolute atomic E-state index is 13.5. The van der Waals surface area contributed by atoms with Gasteiger partial charge in [-0.15, -0.1) is 39.5 Å². The van der Waals surface area contributed by atoms with Crippen LogP contribution in [0.1, 0.15) is 178 Å². The van der Waals surface area contributed by atoms with Gasteiger partial charge in [-0.1, -0.05) is 142 Å². The first-order valence-electron chi connectivity index (χ1n) is 36.6. The Morgan fingerprint density at radius 2 is 0.872 bits per heavy atom. The van der Waals surface area contributed by atoms with Crippen LogP contribution in [-0.2, 0) is 67.0 Å². The molecule has 109 heavy (non-hydrogen) atoms. The number of likely N-dealkylation sites (N-methyl/N-ethyl adjacent to an activating group) is 1. The first kappa shape index (κ1) is 99.1. The third kappa shape index (κ3) is 39.2. The van der Waals surface area contributed by atoms with E-state index in [0.717, 1.165) is 49.0 Å². The lowest BCUT2D eigenvalue weighted by Gasteiger charge is -2.33. The van der Waals surface area contributed by atoms with Crippen molar-refractivity contribution in [1.29, 1.82) is 0 Å². The first-order valence-corrected chi connectivity index (χ1v) is 36.6. The molecule has 0 saturated carbocycles. The van der Waals surface area contributed by atoms with Crippen molar-refractivity contribution in [2.24, 2.45) is 5.73 Å². The van der Waals surface area contributed by atoms with E-state index < -0.39 is 83.3 Å². The van der Waals surface area contributed by atoms with Crippen LogP contribution in [0.3, 0.4) is 0 Å². The predicted octanol–water partition coefficient (Wildman–Crippen LogP) is 12.1. The predicted molar refractivity (Wildman–Crippen MR) is 432 cm³/mol. The third-order valence-electron chi connectivity index (χ3n) is 16.8. The third-order valence-corrected chi connectivity index (χ3v) is 16.8. The largest absolute Gasteiger partial charge is 0.480 e. The number of alkyl carbamates (subject to hydrolysis) is 2. The molecule has 0 unspecified atom stereocenters. The van der Waals surface area contributed by atoms with E-state index in [0.29, 0.717) is 70.6 Å². The number of nitrogens with one attached hydrogen (secondary N) is 6. The van der Waals surface area contributed by atoms with Crippen molar-refractivity contribution in [2.75, 3.05) is 26.7 Å². The van der Waals surface area contributed by atoms with Gasteiger partial charge in [0.1, 0.15) is 47.0 Å². The highest BCUT2D eigenvalue weighted by molar-refractivity contribution is 5.93. The number of carbonyl (C=O) groups is 10. The summed E-state index contributed by atoms with van der Waals surface area (Å²) in [6.45, 7) is 40.8. The summed E-state index contributed by atoms with van der Waals surface area (Å²) in [5, 5.41) is 34.6. The topological polar surface area (TPSA) is 347 Å². The molecule has 3 fully saturated rings. The molecule has 3 aromatic rings. The monoisotopic (exact) mass is 1520 g/mol. The second-order valence-electron chi connectivity index (χ2n) is 29.2. The van der Waals surface area contributed by atoms with Gasteiger partial charge in [-0.05, 0) is 182 Å². The molecule has 3 aliphatic heterocycles. The maximum Gasteiger partial charge on any atom is 0.410 e. The summed E-state index contributed by atoms with van der Waals surface area (Å²) in [5.41, 5.74) is 7.61. The number of benzene rings is 3. The van der Waals surface area contributed by atoms with Crippen molar-refractivity contribution in [3.8, 4) is 0 Å². The molecule has 3 saturated heterocycles. The number of rotatable bonds is 31. The molecule has 6 rings (SSSR count). The maximum atomic E-state index is 13.5. The fourth-order valence-corrected chi connectivity index (χ4v) is 11.5. The fourth-order valence-electron chi connectivity index (χ4n) is 11.5. The lowest BCUT2D eigenvalue weighted by atomic mass is 10.1. The molecular formula is C84H130N10O15. The van der Waals surface area contributed by atoms with Crippen molar-refractivity contribution in [3.63, 3.8) is 0 Å². The van der Waals surface area contributed by atoms with E-state index >= 15 is 0 Å². The van der Waals surface area contributed by atoms with E-state index in [-0.39, 0.29) is 75.4 Å². The molecule has 3 aliphatic rings. The minimum absolute atomic E-state index is 0. The van der Waals surface area contributed by atoms with Crippen molar-refractivity contribution in [3.05, 3.63) is 184 Å². The van der Waals surface area contributed by atoms with Gasteiger partial charge < -0.3 is 71.9 Å². The van der Waals surface area contributed by atoms with Crippen LogP contribution in [0.4, 0.5) is 14.4 Å². The Morgan fingerprint density at radius 3 is 1.23 bits per heavy atom. The van der Waals surface area contributed by atoms with Crippen LogP contribution < -0.4 is 37.6 Å². The van der Waals surface area contributed by atoms with E-state index in [1.54, 1.807) is 96.4 Å². The number of aliphatic carboxylic acids is 2. The number of amides is 8. The van der Waals surface area contributed by atoms with E-state index in [1.807, 2.05) is 84.9 Å². The summed E-state index contributed by atoms with van der Waals surface area (Å²) in [5.74, 6) is -2.82. The SMILES string of the molecule is C.C.C=CC[C@H](NC(=O)OC(C)(C)C)C(=O)O.C=CC[C@H]1CC[C@@H](C(=O)NCCc2ccccc2)N1.C=CC[C@H]1CC[C@@H](C(=O)NCCc2ccccc2)N1C(=O)[C@@H](N)CC=C.C=CC[C@H]1CC[C@@H](C(=O)NCCc2ccccc2)N1C(=O)[C@H](CC=C)NC(=O)OC(C)(C)C.C[C@@H](C(=O)O)N(C)C(=O)OC(C)(C)C. The number of ether oxygens (including phenoxy) is 3. The van der Waals surface area contributed by atoms with Crippen molar-refractivity contribution < 1.29 is 72.4 Å². The van der Waals surface area contributed by atoms with Crippen molar-refractivity contribution in [2.45, 2.75) is 258 Å². The molecule has 0 aromatic heterocycles. The van der Waals surface area contributed by atoms with Gasteiger partial charge in [0.25, 0.3) is 0 Å². The highest BCUT2D eigenvalue weighted by Gasteiger charge is 2.44. The fraction of sp³-hybridized carbons (Fsp3) is 0.524. The molecule has 0 radical (unpaired) electrons. The average Bonchev–Trinajstić information content (AvgIpc) is 1.68. The molecule has 3 aromatic carbocycles. The van der Waals surface area contributed by atoms with E-state index in [9.17, 15) is 47.9 Å². The average molecular weight is 1520 g/mol. The minimum Gasteiger partial charge on any atom is -0.480 e. The highest BCUT2D eigenvalue weighted by Crippen LogP contribution is 2.30. The molecule has 10 atom stereocenters. The van der Waals surface area contributed by atoms with Crippen LogP contribution >= 0.6 is 0 Å². The van der Waals surface area contributed by atoms with Gasteiger partial charge >= 0.3 is 30.2 Å². The van der Waals surface area contributed by atoms with Gasteiger partial charge in [-0.2, -0.15) is 0 Å². The molecule has 8 amide bonds. The Hall–Kier alpha value is -9.88. The minimum atomic E-state index is -1.11. The second kappa shape index (κ2) is 51.5. The van der Waals surface area contributed by atoms with Crippen molar-refractivity contribution in [1.82, 2.24) is 46.6 Å². The van der Waals surface area contributed by atoms with Gasteiger partial charge in [-0.3, -0.25) is 28.9 Å². The van der Waals surface area contributed by atoms with Crippen LogP contribution in [0.2, 0.25) is 0 Å². The standard InChI is InChI=1S/C26H37N3O4.C21H29N3O2.C16H22N2O.C10H17NO4.C9H17NO4.2CH4/c1-6-11-20-15-16-22(23(30)27-18-17-19-13-9-8-10-14-19)29(20)24(31)21(12-7-2)28-25(32)33-26(3,4)5;1-3-8-17-12-13-19(24(17)21(26)18(22)9-4-2)20(25)23-15-14-16-10-6-5-7-11-16;1-2-6-14-9-10-15(18-14)16(19)17-12-11-13-7-4-3-5-8-13;1-5-6-7(8(12)13)11-9(14)15-10(2,3)4;1-6(7(11)12)10(5)8(13)14-9(2,3)4;;/h6-10,13-14,20-22H,1-2,11-12,15-18H2,3-5H3,(H,27,30)(H,28,32);3-7,10-11,17-19H,1-2,8-9,12-15,22H2,(H,23,25);2-5,7-8,14-15,18H,1,6,9-12H2,(H,17,19);5,7H,1,6H2,2-4H3,(H,11,14)(H,12,13);6H,1-5H3,(H,11,12);2*1H4/t20-,21-,22-;17-,18-,19-;14-,15-;7-;6-;;/m00000../s1. The molecule has 3 heterocycles. The van der Waals surface area contributed by atoms with E-state index in [4.69, 9.17) is 30.2 Å². The lowest BCUT2D eigenvalue weighted by Crippen LogP contribution is -2.56. The zero-order valence-electron chi connectivity index (χ0n) is 65.0.